The molecule has 4 aliphatic heterocycles. The summed E-state index contributed by atoms with van der Waals surface area (Å²) in [6, 6.07) is 6.86. The van der Waals surface area contributed by atoms with E-state index in [9.17, 15) is 57.6 Å². The average Bonchev–Trinajstić information content (AvgIpc) is 1.73. The number of hydrogen-bond donors (Lipinski definition) is 4. The molecule has 4 atom stereocenters. The van der Waals surface area contributed by atoms with Crippen molar-refractivity contribution in [3.63, 3.8) is 0 Å². The van der Waals surface area contributed by atoms with E-state index in [0.29, 0.717) is 76.2 Å². The van der Waals surface area contributed by atoms with Gasteiger partial charge in [0.15, 0.2) is 44.4 Å². The molecule has 4 aromatic rings. The average molecular weight is 1930 g/mol. The van der Waals surface area contributed by atoms with Gasteiger partial charge in [0.1, 0.15) is 86.9 Å². The number of nitrogens with zero attached hydrogens (tertiary/aromatic N) is 4. The number of aryl methyl sites for hydroxylation is 2. The Labute approximate surface area is 725 Å². The summed E-state index contributed by atoms with van der Waals surface area (Å²) in [5, 5.41) is 7.31. The molecule has 8 heterocycles. The van der Waals surface area contributed by atoms with E-state index in [1.54, 1.807) is 117 Å². The standard InChI is InChI=1S/C18H23ClN2O6S2.C18H25ClN2O4S2.C13H17ClN2O2S2.C12H14BrClN2O2S2.C10H18O5.2CO2/c1-16(2,3)27-15(23)20-14-18(6-5-7-18)29(24,25)9-17(4,21-14)13-11(19)8-12(28-13)26-10-22;1-11-9-12(19)13(26-11)17(5)10-27(23,24)18(7-6-8-18)14(21-17)20-15(22)25-16(2,3)4;1-8-6-9(14)10(19-8)12(2)7-20(17,18)13(4-3-5-13)11(15)16-12;1-11(9-7(14)5-8(13)19-9)6-20(17,18)12(3-2-4-12)10(15)16-11;1-9(2,3)14-7(11)13-8(12)15-10(4,5)6;2*2-1-3/h8,10H,5-7,9H2,1-4H3,(H,20,21,23);9H,6-8,10H2,1-5H3,(H,20,21,22);6H,3-5,7H2,1-2H3,(H2,15,16);5H,2-4,6H2,1H3,(H2,15,16);1-6H3;;/t2*17-;12-;11-;;;/m0000.../s1. The number of rotatable bonds is 6. The predicted molar refractivity (Wildman–Crippen MR) is 452 cm³/mol. The molecule has 31 nitrogen and oxygen atoms in total. The van der Waals surface area contributed by atoms with Crippen molar-refractivity contribution in [1.82, 2.24) is 10.6 Å². The zero-order valence-electron chi connectivity index (χ0n) is 67.7. The number of halogens is 5. The maximum absolute atomic E-state index is 13.3. The van der Waals surface area contributed by atoms with E-state index < -0.39 is 127 Å². The molecule has 0 aromatic carbocycles. The zero-order valence-corrected chi connectivity index (χ0v) is 78.8. The van der Waals surface area contributed by atoms with E-state index >= 15 is 0 Å². The summed E-state index contributed by atoms with van der Waals surface area (Å²) in [6.45, 7) is 31.5. The van der Waals surface area contributed by atoms with Gasteiger partial charge in [-0.25, -0.2) is 52.8 Å². The van der Waals surface area contributed by atoms with Gasteiger partial charge in [0, 0.05) is 15.8 Å². The van der Waals surface area contributed by atoms with Gasteiger partial charge in [0.25, 0.3) is 6.47 Å². The molecule has 0 bridgehead atoms. The van der Waals surface area contributed by atoms with Crippen LogP contribution in [0.1, 0.15) is 217 Å². The summed E-state index contributed by atoms with van der Waals surface area (Å²) >= 11 is 33.8. The number of amidine groups is 4. The number of sulfone groups is 4. The van der Waals surface area contributed by atoms with Gasteiger partial charge in [0.05, 0.1) is 66.4 Å². The van der Waals surface area contributed by atoms with E-state index in [-0.39, 0.29) is 75.2 Å². The van der Waals surface area contributed by atoms with Crippen molar-refractivity contribution >= 4 is 214 Å². The van der Waals surface area contributed by atoms with Crippen LogP contribution in [0.3, 0.4) is 0 Å². The summed E-state index contributed by atoms with van der Waals surface area (Å²) in [4.78, 5) is 113. The van der Waals surface area contributed by atoms with Gasteiger partial charge < -0.3 is 39.9 Å². The van der Waals surface area contributed by atoms with Gasteiger partial charge in [-0.05, 0) is 236 Å². The Kier molecular flexibility index (Phi) is 31.2. The monoisotopic (exact) mass is 1930 g/mol. The van der Waals surface area contributed by atoms with Gasteiger partial charge >= 0.3 is 36.8 Å². The lowest BCUT2D eigenvalue weighted by atomic mass is 9.82. The fourth-order valence-electron chi connectivity index (χ4n) is 13.8. The van der Waals surface area contributed by atoms with E-state index in [1.807, 2.05) is 26.0 Å². The van der Waals surface area contributed by atoms with Crippen molar-refractivity contribution in [2.24, 2.45) is 31.4 Å². The maximum Gasteiger partial charge on any atom is 0.519 e. The molecule has 8 aliphatic rings. The number of alkyl carbamates (subject to hydrolysis) is 2. The van der Waals surface area contributed by atoms with Crippen LogP contribution in [0, 0.1) is 13.8 Å². The number of carbonyl (C=O) groups is 5. The second-order valence-electron chi connectivity index (χ2n) is 33.6. The van der Waals surface area contributed by atoms with Crippen LogP contribution in [-0.2, 0) is 109 Å². The van der Waals surface area contributed by atoms with Crippen molar-refractivity contribution in [2.45, 2.75) is 265 Å². The number of aliphatic imine (C=N–C) groups is 4. The third-order valence-corrected chi connectivity index (χ3v) is 37.8. The van der Waals surface area contributed by atoms with Crippen molar-refractivity contribution in [3.05, 3.63) is 77.4 Å². The van der Waals surface area contributed by atoms with E-state index in [1.165, 1.54) is 40.1 Å². The normalized spacial score (nSPS) is 24.4. The summed E-state index contributed by atoms with van der Waals surface area (Å²) in [5.74, 6) is 0.332. The molecular formula is C73H97BrCl4N8O23S8. The number of amides is 2. The number of thiophene rings is 4. The molecule has 6 N–H and O–H groups in total. The lowest BCUT2D eigenvalue weighted by Gasteiger charge is -2.47. The fourth-order valence-corrected chi connectivity index (χ4v) is 31.0. The fraction of sp³-hybridized carbons (Fsp3) is 0.630. The maximum atomic E-state index is 13.3. The number of hydrogen-bond acceptors (Lipinski definition) is 33. The van der Waals surface area contributed by atoms with Gasteiger partial charge in [-0.2, -0.15) is 19.2 Å². The first kappa shape index (κ1) is 99.8. The number of carbonyl (C=O) groups excluding carboxylic acids is 9. The molecule has 0 saturated heterocycles. The highest BCUT2D eigenvalue weighted by molar-refractivity contribution is 9.11. The summed E-state index contributed by atoms with van der Waals surface area (Å²) < 4.78 is 130. The Balaban J connectivity index is 0.000000227. The highest BCUT2D eigenvalue weighted by Crippen LogP contribution is 2.55. The quantitative estimate of drug-likeness (QED) is 0.0603. The Morgan fingerprint density at radius 1 is 0.453 bits per heavy atom. The molecule has 4 fully saturated rings. The minimum Gasteiger partial charge on any atom is -0.444 e. The van der Waals surface area contributed by atoms with Crippen LogP contribution in [0.15, 0.2) is 48.0 Å². The molecule has 12 rings (SSSR count). The third-order valence-electron chi connectivity index (χ3n) is 19.4. The van der Waals surface area contributed by atoms with Gasteiger partial charge in [0.2, 0.25) is 0 Å². The van der Waals surface area contributed by atoms with Crippen molar-refractivity contribution < 1.29 is 105 Å². The molecule has 650 valence electrons. The molecular weight excluding hydrogens is 1840 g/mol. The zero-order chi connectivity index (χ0) is 89.1. The Morgan fingerprint density at radius 2 is 0.718 bits per heavy atom. The van der Waals surface area contributed by atoms with Gasteiger partial charge in [-0.1, -0.05) is 57.7 Å². The van der Waals surface area contributed by atoms with Crippen LogP contribution in [0.5, 0.6) is 5.06 Å². The molecule has 4 aromatic heterocycles. The Bertz CT molecular complexity index is 4980. The van der Waals surface area contributed by atoms with Gasteiger partial charge in [-0.15, -0.1) is 34.0 Å². The van der Waals surface area contributed by atoms with Crippen LogP contribution >= 0.6 is 108 Å². The first-order valence-corrected chi connectivity index (χ1v) is 48.3. The van der Waals surface area contributed by atoms with Crippen LogP contribution in [0.25, 0.3) is 0 Å². The second kappa shape index (κ2) is 36.6. The molecule has 2 amide bonds. The first-order valence-electron chi connectivity index (χ1n) is 36.2. The highest BCUT2D eigenvalue weighted by Gasteiger charge is 2.63. The Hall–Kier alpha value is -5.97. The van der Waals surface area contributed by atoms with Crippen LogP contribution in [0.4, 0.5) is 19.2 Å². The number of ether oxygens (including phenoxy) is 6. The van der Waals surface area contributed by atoms with E-state index in [2.05, 4.69) is 46.3 Å². The molecule has 44 heteroatoms. The topological polar surface area (TPSA) is 471 Å². The molecule has 0 unspecified atom stereocenters. The molecule has 0 radical (unpaired) electrons. The third kappa shape index (κ3) is 22.9. The highest BCUT2D eigenvalue weighted by atomic mass is 79.9. The summed E-state index contributed by atoms with van der Waals surface area (Å²) in [6.07, 6.45) is 4.26. The van der Waals surface area contributed by atoms with Crippen LogP contribution in [0.2, 0.25) is 20.1 Å². The Morgan fingerprint density at radius 3 is 0.957 bits per heavy atom. The summed E-state index contributed by atoms with van der Waals surface area (Å²) in [5.41, 5.74) is 5.23. The van der Waals surface area contributed by atoms with Crippen molar-refractivity contribution in [3.8, 4) is 5.06 Å². The van der Waals surface area contributed by atoms with Gasteiger partial charge in [-0.3, -0.25) is 35.4 Å². The lowest BCUT2D eigenvalue weighted by molar-refractivity contribution is -0.193. The minimum atomic E-state index is -3.66. The molecule has 117 heavy (non-hydrogen) atoms. The summed E-state index contributed by atoms with van der Waals surface area (Å²) in [7, 11) is -13.8. The predicted octanol–water partition coefficient (Wildman–Crippen LogP) is 15.1. The SMILES string of the molecule is CC(C)(C)OC(=O)NC1=N[C@](C)(c2sc(OC=O)cc2Cl)CS(=O)(=O)C12CCC2.CC(C)(C)OC(=O)OC(=O)OC(C)(C)C.C[C@@]1(c2sc(Br)cc2Cl)CS(=O)(=O)C2(CCC2)C(N)=N1.Cc1cc(Cl)c([C@]2(C)CS(=O)(=O)C3(CCC3)C(N)=N2)s1.Cc1cc(Cl)c([C@]2(C)CS(=O)(=O)C3(CCC3)C(NC(=O)OC(C)(C)C)=N2)s1.O=C=O.O=C=O. The molecule has 4 spiro atoms. The largest absolute Gasteiger partial charge is 0.519 e. The minimum absolute atomic E-state index is 0.0135. The molecule has 4 saturated carbocycles. The molecule has 4 aliphatic carbocycles. The van der Waals surface area contributed by atoms with Crippen molar-refractivity contribution in [2.75, 3.05) is 23.0 Å². The first-order chi connectivity index (χ1) is 53.3. The van der Waals surface area contributed by atoms with Crippen molar-refractivity contribution in [1.29, 1.82) is 0 Å². The number of nitrogens with two attached hydrogens (primary N) is 2. The lowest BCUT2D eigenvalue weighted by Crippen LogP contribution is -2.63. The smallest absolute Gasteiger partial charge is 0.444 e. The van der Waals surface area contributed by atoms with Crippen LogP contribution < -0.4 is 26.8 Å². The number of nitrogens with one attached hydrogen (secondary N) is 2. The van der Waals surface area contributed by atoms with E-state index in [0.717, 1.165) is 60.3 Å². The van der Waals surface area contributed by atoms with E-state index in [4.69, 9.17) is 106 Å². The van der Waals surface area contributed by atoms with Crippen LogP contribution in [-0.4, -0.2) is 165 Å². The second-order valence-corrected chi connectivity index (χ2v) is 50.4.